The second-order valence-electron chi connectivity index (χ2n) is 4.77. The van der Waals surface area contributed by atoms with Gasteiger partial charge in [0.05, 0.1) is 5.56 Å². The van der Waals surface area contributed by atoms with Crippen LogP contribution in [0.2, 0.25) is 0 Å². The first-order valence-electron chi connectivity index (χ1n) is 6.96. The molecule has 0 aliphatic rings. The molecule has 1 aromatic carbocycles. The molecule has 0 saturated carbocycles. The van der Waals surface area contributed by atoms with Crippen LogP contribution in [0.4, 0.5) is 0 Å². The van der Waals surface area contributed by atoms with Gasteiger partial charge < -0.3 is 5.32 Å². The third-order valence-electron chi connectivity index (χ3n) is 3.24. The van der Waals surface area contributed by atoms with Gasteiger partial charge >= 0.3 is 0 Å². The first kappa shape index (κ1) is 13.9. The maximum atomic E-state index is 12.1. The summed E-state index contributed by atoms with van der Waals surface area (Å²) < 4.78 is 1.68. The Labute approximate surface area is 127 Å². The number of benzene rings is 1. The quantitative estimate of drug-likeness (QED) is 0.776. The van der Waals surface area contributed by atoms with Gasteiger partial charge in [0.25, 0.3) is 5.91 Å². The Morgan fingerprint density at radius 1 is 1.05 bits per heavy atom. The van der Waals surface area contributed by atoms with Crippen molar-refractivity contribution >= 4 is 5.91 Å². The van der Waals surface area contributed by atoms with Gasteiger partial charge in [-0.05, 0) is 24.1 Å². The van der Waals surface area contributed by atoms with Gasteiger partial charge in [-0.1, -0.05) is 30.3 Å². The zero-order valence-corrected chi connectivity index (χ0v) is 11.9. The van der Waals surface area contributed by atoms with E-state index >= 15 is 0 Å². The van der Waals surface area contributed by atoms with Crippen molar-refractivity contribution in [3.05, 3.63) is 72.4 Å². The number of rotatable bonds is 5. The predicted molar refractivity (Wildman–Crippen MR) is 81.6 cm³/mol. The summed E-state index contributed by atoms with van der Waals surface area (Å²) in [7, 11) is 0. The van der Waals surface area contributed by atoms with Crippen molar-refractivity contribution in [2.45, 2.75) is 6.42 Å². The molecule has 0 fully saturated rings. The molecule has 0 spiro atoms. The molecule has 2 heterocycles. The van der Waals surface area contributed by atoms with Crippen LogP contribution in [0.3, 0.4) is 0 Å². The molecule has 1 N–H and O–H groups in total. The van der Waals surface area contributed by atoms with Crippen molar-refractivity contribution in [1.82, 2.24) is 25.1 Å². The Kier molecular flexibility index (Phi) is 4.20. The van der Waals surface area contributed by atoms with Gasteiger partial charge in [-0.15, -0.1) is 10.2 Å². The highest BCUT2D eigenvalue weighted by Gasteiger charge is 2.06. The van der Waals surface area contributed by atoms with Gasteiger partial charge in [-0.2, -0.15) is 0 Å². The number of amides is 1. The standard InChI is InChI=1S/C16H15N5O/c22-16(17-9-8-13-4-2-1-3-5-13)14-6-7-15(18-10-14)21-11-19-20-12-21/h1-7,10-12H,8-9H2,(H,17,22). The van der Waals surface area contributed by atoms with Crippen molar-refractivity contribution in [2.24, 2.45) is 0 Å². The molecule has 1 amide bonds. The summed E-state index contributed by atoms with van der Waals surface area (Å²) in [5.41, 5.74) is 1.73. The molecule has 0 aliphatic carbocycles. The smallest absolute Gasteiger partial charge is 0.252 e. The van der Waals surface area contributed by atoms with E-state index in [4.69, 9.17) is 0 Å². The molecule has 0 atom stereocenters. The number of pyridine rings is 1. The maximum Gasteiger partial charge on any atom is 0.252 e. The first-order valence-corrected chi connectivity index (χ1v) is 6.96. The fourth-order valence-electron chi connectivity index (χ4n) is 2.06. The van der Waals surface area contributed by atoms with Crippen LogP contribution in [-0.2, 0) is 6.42 Å². The minimum atomic E-state index is -0.126. The molecular formula is C16H15N5O. The Bertz CT molecular complexity index is 723. The van der Waals surface area contributed by atoms with Crippen LogP contribution in [0.1, 0.15) is 15.9 Å². The van der Waals surface area contributed by atoms with E-state index in [2.05, 4.69) is 20.5 Å². The number of hydrogen-bond acceptors (Lipinski definition) is 4. The minimum Gasteiger partial charge on any atom is -0.352 e. The minimum absolute atomic E-state index is 0.126. The highest BCUT2D eigenvalue weighted by Crippen LogP contribution is 2.05. The lowest BCUT2D eigenvalue weighted by Gasteiger charge is -2.06. The van der Waals surface area contributed by atoms with E-state index in [0.717, 1.165) is 6.42 Å². The monoisotopic (exact) mass is 293 g/mol. The summed E-state index contributed by atoms with van der Waals surface area (Å²) in [5.74, 6) is 0.546. The summed E-state index contributed by atoms with van der Waals surface area (Å²) in [4.78, 5) is 16.3. The van der Waals surface area contributed by atoms with Crippen LogP contribution in [0, 0.1) is 0 Å². The van der Waals surface area contributed by atoms with Crippen molar-refractivity contribution < 1.29 is 4.79 Å². The number of carbonyl (C=O) groups is 1. The molecule has 0 bridgehead atoms. The lowest BCUT2D eigenvalue weighted by atomic mass is 10.1. The van der Waals surface area contributed by atoms with E-state index in [1.807, 2.05) is 30.3 Å². The summed E-state index contributed by atoms with van der Waals surface area (Å²) in [5, 5.41) is 10.3. The highest BCUT2D eigenvalue weighted by atomic mass is 16.1. The molecule has 3 aromatic rings. The molecule has 0 saturated heterocycles. The van der Waals surface area contributed by atoms with Crippen molar-refractivity contribution in [1.29, 1.82) is 0 Å². The molecule has 22 heavy (non-hydrogen) atoms. The molecule has 6 nitrogen and oxygen atoms in total. The lowest BCUT2D eigenvalue weighted by molar-refractivity contribution is 0.0954. The van der Waals surface area contributed by atoms with Crippen LogP contribution in [0.15, 0.2) is 61.3 Å². The molecule has 0 aliphatic heterocycles. The van der Waals surface area contributed by atoms with Crippen LogP contribution >= 0.6 is 0 Å². The summed E-state index contributed by atoms with van der Waals surface area (Å²) in [6, 6.07) is 13.5. The zero-order valence-electron chi connectivity index (χ0n) is 11.9. The van der Waals surface area contributed by atoms with Gasteiger partial charge in [0.1, 0.15) is 18.5 Å². The van der Waals surface area contributed by atoms with Gasteiger partial charge in [-0.25, -0.2) is 4.98 Å². The second kappa shape index (κ2) is 6.62. The third-order valence-corrected chi connectivity index (χ3v) is 3.24. The van der Waals surface area contributed by atoms with Gasteiger partial charge in [-0.3, -0.25) is 9.36 Å². The average molecular weight is 293 g/mol. The van der Waals surface area contributed by atoms with Crippen LogP contribution in [-0.4, -0.2) is 32.2 Å². The third kappa shape index (κ3) is 3.35. The maximum absolute atomic E-state index is 12.1. The van der Waals surface area contributed by atoms with E-state index in [0.29, 0.717) is 17.9 Å². The zero-order chi connectivity index (χ0) is 15.2. The van der Waals surface area contributed by atoms with Gasteiger partial charge in [0, 0.05) is 12.7 Å². The summed E-state index contributed by atoms with van der Waals surface area (Å²) in [6.45, 7) is 0.593. The number of hydrogen-bond donors (Lipinski definition) is 1. The Balaban J connectivity index is 1.56. The van der Waals surface area contributed by atoms with E-state index in [-0.39, 0.29) is 5.91 Å². The highest BCUT2D eigenvalue weighted by molar-refractivity contribution is 5.93. The Morgan fingerprint density at radius 2 is 1.82 bits per heavy atom. The summed E-state index contributed by atoms with van der Waals surface area (Å²) in [6.07, 6.45) is 5.47. The number of nitrogens with one attached hydrogen (secondary N) is 1. The van der Waals surface area contributed by atoms with Crippen molar-refractivity contribution in [3.63, 3.8) is 0 Å². The lowest BCUT2D eigenvalue weighted by Crippen LogP contribution is -2.25. The summed E-state index contributed by atoms with van der Waals surface area (Å²) >= 11 is 0. The van der Waals surface area contributed by atoms with Crippen molar-refractivity contribution in [2.75, 3.05) is 6.54 Å². The number of aromatic nitrogens is 4. The molecule has 0 unspecified atom stereocenters. The Morgan fingerprint density at radius 3 is 2.50 bits per heavy atom. The van der Waals surface area contributed by atoms with E-state index in [1.54, 1.807) is 35.6 Å². The van der Waals surface area contributed by atoms with Crippen LogP contribution in [0.5, 0.6) is 0 Å². The molecule has 2 aromatic heterocycles. The SMILES string of the molecule is O=C(NCCc1ccccc1)c1ccc(-n2cnnc2)nc1. The van der Waals surface area contributed by atoms with E-state index in [1.165, 1.54) is 5.56 Å². The van der Waals surface area contributed by atoms with Gasteiger partial charge in [0.15, 0.2) is 0 Å². The fourth-order valence-corrected chi connectivity index (χ4v) is 2.06. The first-order chi connectivity index (χ1) is 10.8. The van der Waals surface area contributed by atoms with E-state index < -0.39 is 0 Å². The second-order valence-corrected chi connectivity index (χ2v) is 4.77. The van der Waals surface area contributed by atoms with Gasteiger partial charge in [0.2, 0.25) is 0 Å². The van der Waals surface area contributed by atoms with E-state index in [9.17, 15) is 4.79 Å². The van der Waals surface area contributed by atoms with Crippen LogP contribution in [0.25, 0.3) is 5.82 Å². The fraction of sp³-hybridized carbons (Fsp3) is 0.125. The average Bonchev–Trinajstić information content (AvgIpc) is 3.10. The number of carbonyl (C=O) groups excluding carboxylic acids is 1. The largest absolute Gasteiger partial charge is 0.352 e. The molecule has 110 valence electrons. The topological polar surface area (TPSA) is 72.7 Å². The molecule has 0 radical (unpaired) electrons. The van der Waals surface area contributed by atoms with Crippen molar-refractivity contribution in [3.8, 4) is 5.82 Å². The predicted octanol–water partition coefficient (Wildman–Crippen LogP) is 1.63. The van der Waals surface area contributed by atoms with Crippen LogP contribution < -0.4 is 5.32 Å². The molecule has 3 rings (SSSR count). The normalized spacial score (nSPS) is 10.4. The number of nitrogens with zero attached hydrogens (tertiary/aromatic N) is 4. The molecular weight excluding hydrogens is 278 g/mol. The Hall–Kier alpha value is -3.02. The molecule has 6 heteroatoms.